The molecule has 4 aliphatic rings. The normalized spacial score (nSPS) is 28.0. The van der Waals surface area contributed by atoms with Crippen molar-refractivity contribution in [3.05, 3.63) is 0 Å². The van der Waals surface area contributed by atoms with Crippen LogP contribution >= 0.6 is 0 Å². The molecule has 0 unspecified atom stereocenters. The van der Waals surface area contributed by atoms with Gasteiger partial charge in [0, 0.05) is 25.2 Å². The molecule has 30 heavy (non-hydrogen) atoms. The van der Waals surface area contributed by atoms with Crippen LogP contribution in [0.5, 0.6) is 0 Å². The molecular weight excluding hydrogens is 376 g/mol. The Kier molecular flexibility index (Phi) is 6.95. The molecule has 4 rings (SSSR count). The fourth-order valence-electron chi connectivity index (χ4n) is 6.25. The minimum atomic E-state index is -0.409. The number of hydrogen-bond donors (Lipinski definition) is 1. The second-order valence-corrected chi connectivity index (χ2v) is 11.3. The smallest absolute Gasteiger partial charge is 0.410 e. The molecule has 4 fully saturated rings. The number of ether oxygens (including phenoxy) is 1. The number of likely N-dealkylation sites (tertiary alicyclic amines) is 3. The average Bonchev–Trinajstić information content (AvgIpc) is 2.74. The lowest BCUT2D eigenvalue weighted by Crippen LogP contribution is -2.55. The summed E-state index contributed by atoms with van der Waals surface area (Å²) in [6.07, 6.45) is 10.1. The van der Waals surface area contributed by atoms with Crippen LogP contribution in [0.3, 0.4) is 0 Å². The highest BCUT2D eigenvalue weighted by Gasteiger charge is 2.42. The standard InChI is InChI=1S/C24H44N4O2/c1-23(2,3)30-22(29)28-14-4-9-24(19-28)10-17-27(18-11-24)21-7-15-26(16-8-21)20-5-12-25-13-6-20/h20-21,25H,4-19H2,1-3H3. The van der Waals surface area contributed by atoms with Crippen molar-refractivity contribution in [1.29, 1.82) is 0 Å². The number of rotatable bonds is 2. The predicted octanol–water partition coefficient (Wildman–Crippen LogP) is 3.32. The van der Waals surface area contributed by atoms with Crippen LogP contribution < -0.4 is 5.32 Å². The number of nitrogens with zero attached hydrogens (tertiary/aromatic N) is 3. The third-order valence-electron chi connectivity index (χ3n) is 8.01. The minimum absolute atomic E-state index is 0.116. The summed E-state index contributed by atoms with van der Waals surface area (Å²) in [6, 6.07) is 1.59. The van der Waals surface area contributed by atoms with Crippen molar-refractivity contribution < 1.29 is 9.53 Å². The monoisotopic (exact) mass is 420 g/mol. The van der Waals surface area contributed by atoms with Gasteiger partial charge in [-0.2, -0.15) is 0 Å². The second kappa shape index (κ2) is 9.33. The summed E-state index contributed by atoms with van der Waals surface area (Å²) in [5, 5.41) is 3.50. The number of nitrogens with one attached hydrogen (secondary N) is 1. The van der Waals surface area contributed by atoms with Gasteiger partial charge in [0.2, 0.25) is 0 Å². The van der Waals surface area contributed by atoms with Crippen LogP contribution in [0.1, 0.15) is 72.1 Å². The fraction of sp³-hybridized carbons (Fsp3) is 0.958. The van der Waals surface area contributed by atoms with Gasteiger partial charge in [-0.3, -0.25) is 0 Å². The Labute approximate surface area is 183 Å². The van der Waals surface area contributed by atoms with Crippen LogP contribution in [0.4, 0.5) is 4.79 Å². The first kappa shape index (κ1) is 22.3. The van der Waals surface area contributed by atoms with E-state index in [1.165, 1.54) is 84.2 Å². The van der Waals surface area contributed by atoms with E-state index in [0.717, 1.165) is 31.6 Å². The largest absolute Gasteiger partial charge is 0.444 e. The number of piperidine rings is 4. The molecule has 4 heterocycles. The first-order chi connectivity index (χ1) is 14.3. The Morgan fingerprint density at radius 2 is 1.47 bits per heavy atom. The summed E-state index contributed by atoms with van der Waals surface area (Å²) < 4.78 is 5.66. The van der Waals surface area contributed by atoms with Gasteiger partial charge in [-0.05, 0) is 117 Å². The Morgan fingerprint density at radius 3 is 2.10 bits per heavy atom. The van der Waals surface area contributed by atoms with Crippen molar-refractivity contribution in [2.24, 2.45) is 5.41 Å². The zero-order valence-corrected chi connectivity index (χ0v) is 19.6. The van der Waals surface area contributed by atoms with Gasteiger partial charge in [0.25, 0.3) is 0 Å². The van der Waals surface area contributed by atoms with E-state index < -0.39 is 5.60 Å². The molecule has 0 radical (unpaired) electrons. The van der Waals surface area contributed by atoms with E-state index in [9.17, 15) is 4.79 Å². The molecule has 4 aliphatic heterocycles. The maximum absolute atomic E-state index is 12.6. The Balaban J connectivity index is 1.24. The van der Waals surface area contributed by atoms with Crippen LogP contribution in [0.2, 0.25) is 0 Å². The molecule has 6 heteroatoms. The Hall–Kier alpha value is -0.850. The van der Waals surface area contributed by atoms with Crippen molar-refractivity contribution in [1.82, 2.24) is 20.0 Å². The highest BCUT2D eigenvalue weighted by atomic mass is 16.6. The predicted molar refractivity (Wildman–Crippen MR) is 121 cm³/mol. The molecule has 0 aromatic carbocycles. The van der Waals surface area contributed by atoms with Crippen LogP contribution in [0.25, 0.3) is 0 Å². The van der Waals surface area contributed by atoms with E-state index in [1.807, 2.05) is 25.7 Å². The van der Waals surface area contributed by atoms with Crippen LogP contribution in [0, 0.1) is 5.41 Å². The Bertz CT molecular complexity index is 568. The molecule has 0 atom stereocenters. The third-order valence-corrected chi connectivity index (χ3v) is 8.01. The van der Waals surface area contributed by atoms with Gasteiger partial charge < -0.3 is 24.8 Å². The summed E-state index contributed by atoms with van der Waals surface area (Å²) in [7, 11) is 0. The zero-order chi connectivity index (χ0) is 21.2. The van der Waals surface area contributed by atoms with E-state index in [0.29, 0.717) is 5.41 Å². The van der Waals surface area contributed by atoms with Crippen molar-refractivity contribution >= 4 is 6.09 Å². The molecule has 6 nitrogen and oxygen atoms in total. The highest BCUT2D eigenvalue weighted by molar-refractivity contribution is 5.68. The molecule has 0 aliphatic carbocycles. The maximum Gasteiger partial charge on any atom is 0.410 e. The Morgan fingerprint density at radius 1 is 0.867 bits per heavy atom. The third kappa shape index (κ3) is 5.49. The molecule has 172 valence electrons. The summed E-state index contributed by atoms with van der Waals surface area (Å²) >= 11 is 0. The lowest BCUT2D eigenvalue weighted by Gasteiger charge is -2.50. The molecule has 4 saturated heterocycles. The highest BCUT2D eigenvalue weighted by Crippen LogP contribution is 2.41. The molecule has 0 aromatic heterocycles. The number of amides is 1. The fourth-order valence-corrected chi connectivity index (χ4v) is 6.25. The number of hydrogen-bond acceptors (Lipinski definition) is 5. The lowest BCUT2D eigenvalue weighted by molar-refractivity contribution is -0.0221. The minimum Gasteiger partial charge on any atom is -0.444 e. The van der Waals surface area contributed by atoms with Crippen LogP contribution in [-0.2, 0) is 4.74 Å². The van der Waals surface area contributed by atoms with Gasteiger partial charge in [-0.1, -0.05) is 0 Å². The van der Waals surface area contributed by atoms with Crippen LogP contribution in [0.15, 0.2) is 0 Å². The second-order valence-electron chi connectivity index (χ2n) is 11.3. The van der Waals surface area contributed by atoms with Gasteiger partial charge in [0.1, 0.15) is 5.60 Å². The van der Waals surface area contributed by atoms with E-state index in [2.05, 4.69) is 15.1 Å². The van der Waals surface area contributed by atoms with Gasteiger partial charge in [-0.15, -0.1) is 0 Å². The van der Waals surface area contributed by atoms with Gasteiger partial charge in [-0.25, -0.2) is 4.79 Å². The number of carbonyl (C=O) groups excluding carboxylic acids is 1. The van der Waals surface area contributed by atoms with Crippen LogP contribution in [-0.4, -0.2) is 90.8 Å². The first-order valence-corrected chi connectivity index (χ1v) is 12.5. The van der Waals surface area contributed by atoms with Crippen molar-refractivity contribution in [3.8, 4) is 0 Å². The first-order valence-electron chi connectivity index (χ1n) is 12.5. The van der Waals surface area contributed by atoms with Gasteiger partial charge in [0.05, 0.1) is 0 Å². The summed E-state index contributed by atoms with van der Waals surface area (Å²) in [5.74, 6) is 0. The molecule has 0 bridgehead atoms. The molecular formula is C24H44N4O2. The molecule has 0 saturated carbocycles. The van der Waals surface area contributed by atoms with Gasteiger partial charge >= 0.3 is 6.09 Å². The van der Waals surface area contributed by atoms with E-state index in [4.69, 9.17) is 4.74 Å². The topological polar surface area (TPSA) is 48.1 Å². The molecule has 1 amide bonds. The average molecular weight is 421 g/mol. The quantitative estimate of drug-likeness (QED) is 0.743. The molecule has 1 N–H and O–H groups in total. The summed E-state index contributed by atoms with van der Waals surface area (Å²) in [6.45, 7) is 15.0. The van der Waals surface area contributed by atoms with Crippen molar-refractivity contribution in [2.45, 2.75) is 89.8 Å². The number of carbonyl (C=O) groups is 1. The van der Waals surface area contributed by atoms with E-state index in [-0.39, 0.29) is 6.09 Å². The van der Waals surface area contributed by atoms with Gasteiger partial charge in [0.15, 0.2) is 0 Å². The van der Waals surface area contributed by atoms with Crippen molar-refractivity contribution in [3.63, 3.8) is 0 Å². The molecule has 1 spiro atoms. The zero-order valence-electron chi connectivity index (χ0n) is 19.6. The van der Waals surface area contributed by atoms with E-state index in [1.54, 1.807) is 0 Å². The molecule has 0 aromatic rings. The summed E-state index contributed by atoms with van der Waals surface area (Å²) in [5.41, 5.74) is -0.0878. The van der Waals surface area contributed by atoms with E-state index >= 15 is 0 Å². The van der Waals surface area contributed by atoms with Crippen molar-refractivity contribution in [2.75, 3.05) is 52.4 Å². The summed E-state index contributed by atoms with van der Waals surface area (Å²) in [4.78, 5) is 20.1. The maximum atomic E-state index is 12.6. The SMILES string of the molecule is CC(C)(C)OC(=O)N1CCCC2(CCN(C3CCN(C4CCNCC4)CC3)CC2)C1. The lowest BCUT2D eigenvalue weighted by atomic mass is 9.72.